The Morgan fingerprint density at radius 3 is 2.79 bits per heavy atom. The van der Waals surface area contributed by atoms with E-state index in [-0.39, 0.29) is 17.9 Å². The van der Waals surface area contributed by atoms with Crippen LogP contribution in [0.1, 0.15) is 61.3 Å². The lowest BCUT2D eigenvalue weighted by atomic mass is 9.81. The second-order valence-corrected chi connectivity index (χ2v) is 7.90. The predicted molar refractivity (Wildman–Crippen MR) is 112 cm³/mol. The molecular weight excluding hydrogens is 366 g/mol. The van der Waals surface area contributed by atoms with E-state index in [2.05, 4.69) is 17.4 Å². The first-order chi connectivity index (χ1) is 14.1. The van der Waals surface area contributed by atoms with Gasteiger partial charge in [-0.05, 0) is 73.1 Å². The number of fused-ring (bicyclic) bond motifs is 2. The predicted octanol–water partition coefficient (Wildman–Crippen LogP) is 4.54. The molecule has 0 fully saturated rings. The molecule has 0 saturated heterocycles. The van der Waals surface area contributed by atoms with Gasteiger partial charge in [0.15, 0.2) is 11.5 Å². The van der Waals surface area contributed by atoms with Crippen molar-refractivity contribution < 1.29 is 19.0 Å². The van der Waals surface area contributed by atoms with Gasteiger partial charge in [0.1, 0.15) is 5.75 Å². The number of amides is 1. The second-order valence-electron chi connectivity index (χ2n) is 7.90. The molecule has 1 aliphatic heterocycles. The van der Waals surface area contributed by atoms with E-state index >= 15 is 0 Å². The maximum absolute atomic E-state index is 12.8. The fourth-order valence-electron chi connectivity index (χ4n) is 4.29. The molecule has 1 aliphatic carbocycles. The van der Waals surface area contributed by atoms with Crippen molar-refractivity contribution in [2.45, 2.75) is 51.0 Å². The van der Waals surface area contributed by atoms with Gasteiger partial charge in [0.05, 0.1) is 26.4 Å². The molecule has 4 rings (SSSR count). The zero-order valence-corrected chi connectivity index (χ0v) is 17.2. The van der Waals surface area contributed by atoms with Crippen LogP contribution < -0.4 is 19.5 Å². The molecule has 1 amide bonds. The van der Waals surface area contributed by atoms with Gasteiger partial charge in [0.2, 0.25) is 5.91 Å². The van der Waals surface area contributed by atoms with Crippen molar-refractivity contribution in [2.24, 2.45) is 0 Å². The number of hydrogen-bond acceptors (Lipinski definition) is 4. The van der Waals surface area contributed by atoms with Crippen LogP contribution in [0.4, 0.5) is 0 Å². The molecule has 2 aliphatic rings. The summed E-state index contributed by atoms with van der Waals surface area (Å²) in [4.78, 5) is 12.8. The zero-order chi connectivity index (χ0) is 20.2. The van der Waals surface area contributed by atoms with Gasteiger partial charge in [-0.1, -0.05) is 12.1 Å². The summed E-state index contributed by atoms with van der Waals surface area (Å²) >= 11 is 0. The lowest BCUT2D eigenvalue weighted by Gasteiger charge is -2.26. The Balaban J connectivity index is 1.41. The van der Waals surface area contributed by atoms with E-state index in [1.165, 1.54) is 11.1 Å². The Labute approximate surface area is 172 Å². The van der Waals surface area contributed by atoms with Gasteiger partial charge >= 0.3 is 0 Å². The maximum Gasteiger partial charge on any atom is 0.221 e. The van der Waals surface area contributed by atoms with Gasteiger partial charge in [-0.3, -0.25) is 4.79 Å². The highest BCUT2D eigenvalue weighted by Crippen LogP contribution is 2.36. The van der Waals surface area contributed by atoms with Crippen LogP contribution in [0, 0.1) is 0 Å². The van der Waals surface area contributed by atoms with Crippen LogP contribution in [0.15, 0.2) is 36.4 Å². The first-order valence-corrected chi connectivity index (χ1v) is 10.5. The molecule has 1 heterocycles. The molecule has 2 aromatic rings. The minimum absolute atomic E-state index is 0.0817. The first-order valence-electron chi connectivity index (χ1n) is 10.5. The standard InChI is InChI=1S/C24H29NO4/c1-16(17-7-10-22-23(14-17)29-12-4-11-28-22)25-24(26)15-19-6-3-5-18-13-20(27-2)8-9-21(18)19/h7-10,13-14,16,19H,3-6,11-12,15H2,1-2H3,(H,25,26). The fraction of sp³-hybridized carbons (Fsp3) is 0.458. The highest BCUT2D eigenvalue weighted by molar-refractivity contribution is 5.77. The van der Waals surface area contributed by atoms with E-state index < -0.39 is 0 Å². The average Bonchev–Trinajstić information content (AvgIpc) is 2.98. The number of rotatable bonds is 5. The largest absolute Gasteiger partial charge is 0.497 e. The Morgan fingerprint density at radius 1 is 1.14 bits per heavy atom. The number of hydrogen-bond donors (Lipinski definition) is 1. The lowest BCUT2D eigenvalue weighted by Crippen LogP contribution is -2.28. The summed E-state index contributed by atoms with van der Waals surface area (Å²) in [5.41, 5.74) is 3.62. The summed E-state index contributed by atoms with van der Waals surface area (Å²) in [6.07, 6.45) is 4.60. The van der Waals surface area contributed by atoms with Gasteiger partial charge in [0, 0.05) is 12.8 Å². The van der Waals surface area contributed by atoms with Gasteiger partial charge < -0.3 is 19.5 Å². The molecule has 0 spiro atoms. The third kappa shape index (κ3) is 4.50. The Hall–Kier alpha value is -2.69. The monoisotopic (exact) mass is 395 g/mol. The molecule has 0 bridgehead atoms. The summed E-state index contributed by atoms with van der Waals surface area (Å²) in [5.74, 6) is 2.77. The van der Waals surface area contributed by atoms with Crippen molar-refractivity contribution in [1.29, 1.82) is 0 Å². The molecule has 0 saturated carbocycles. The molecule has 0 radical (unpaired) electrons. The van der Waals surface area contributed by atoms with Crippen molar-refractivity contribution in [1.82, 2.24) is 5.32 Å². The summed E-state index contributed by atoms with van der Waals surface area (Å²) in [5, 5.41) is 3.16. The molecule has 5 heteroatoms. The van der Waals surface area contributed by atoms with E-state index in [1.54, 1.807) is 7.11 Å². The molecule has 2 unspecified atom stereocenters. The van der Waals surface area contributed by atoms with Gasteiger partial charge in [-0.2, -0.15) is 0 Å². The van der Waals surface area contributed by atoms with E-state index in [0.717, 1.165) is 48.5 Å². The molecule has 0 aromatic heterocycles. The van der Waals surface area contributed by atoms with E-state index in [0.29, 0.717) is 19.6 Å². The number of methoxy groups -OCH3 is 1. The number of benzene rings is 2. The van der Waals surface area contributed by atoms with Crippen molar-refractivity contribution in [3.8, 4) is 17.2 Å². The van der Waals surface area contributed by atoms with Gasteiger partial charge in [0.25, 0.3) is 0 Å². The van der Waals surface area contributed by atoms with Crippen LogP contribution >= 0.6 is 0 Å². The Kier molecular flexibility index (Phi) is 5.93. The summed E-state index contributed by atoms with van der Waals surface area (Å²) < 4.78 is 16.8. The van der Waals surface area contributed by atoms with E-state index in [9.17, 15) is 4.79 Å². The van der Waals surface area contributed by atoms with Crippen LogP contribution in [0.3, 0.4) is 0 Å². The first kappa shape index (κ1) is 19.6. The third-order valence-electron chi connectivity index (χ3n) is 5.87. The molecule has 2 atom stereocenters. The summed E-state index contributed by atoms with van der Waals surface area (Å²) in [7, 11) is 1.69. The van der Waals surface area contributed by atoms with Crippen LogP contribution in [-0.2, 0) is 11.2 Å². The van der Waals surface area contributed by atoms with E-state index in [4.69, 9.17) is 14.2 Å². The minimum Gasteiger partial charge on any atom is -0.497 e. The average molecular weight is 395 g/mol. The molecule has 5 nitrogen and oxygen atoms in total. The highest BCUT2D eigenvalue weighted by atomic mass is 16.5. The highest BCUT2D eigenvalue weighted by Gasteiger charge is 2.24. The quantitative estimate of drug-likeness (QED) is 0.807. The molecule has 154 valence electrons. The van der Waals surface area contributed by atoms with Gasteiger partial charge in [-0.25, -0.2) is 0 Å². The third-order valence-corrected chi connectivity index (χ3v) is 5.87. The minimum atomic E-state index is -0.0846. The number of aryl methyl sites for hydroxylation is 1. The molecule has 1 N–H and O–H groups in total. The van der Waals surface area contributed by atoms with Crippen LogP contribution in [0.2, 0.25) is 0 Å². The number of ether oxygens (including phenoxy) is 3. The van der Waals surface area contributed by atoms with E-state index in [1.807, 2.05) is 31.2 Å². The summed E-state index contributed by atoms with van der Waals surface area (Å²) in [6, 6.07) is 12.1. The smallest absolute Gasteiger partial charge is 0.221 e. The summed E-state index contributed by atoms with van der Waals surface area (Å²) in [6.45, 7) is 3.34. The topological polar surface area (TPSA) is 56.8 Å². The molecule has 2 aromatic carbocycles. The number of nitrogens with one attached hydrogen (secondary N) is 1. The van der Waals surface area contributed by atoms with Crippen LogP contribution in [0.5, 0.6) is 17.2 Å². The normalized spacial score (nSPS) is 18.9. The lowest BCUT2D eigenvalue weighted by molar-refractivity contribution is -0.122. The van der Waals surface area contributed by atoms with Crippen LogP contribution in [0.25, 0.3) is 0 Å². The zero-order valence-electron chi connectivity index (χ0n) is 17.2. The van der Waals surface area contributed by atoms with Crippen molar-refractivity contribution in [3.05, 3.63) is 53.1 Å². The van der Waals surface area contributed by atoms with Gasteiger partial charge in [-0.15, -0.1) is 0 Å². The maximum atomic E-state index is 12.8. The fourth-order valence-corrected chi connectivity index (χ4v) is 4.29. The second kappa shape index (κ2) is 8.76. The Bertz CT molecular complexity index is 879. The van der Waals surface area contributed by atoms with Crippen molar-refractivity contribution in [2.75, 3.05) is 20.3 Å². The SMILES string of the molecule is COc1ccc2c(c1)CCCC2CC(=O)NC(C)c1ccc2c(c1)OCCCO2. The number of carbonyl (C=O) groups excluding carboxylic acids is 1. The van der Waals surface area contributed by atoms with Crippen molar-refractivity contribution in [3.63, 3.8) is 0 Å². The Morgan fingerprint density at radius 2 is 1.97 bits per heavy atom. The van der Waals surface area contributed by atoms with Crippen LogP contribution in [-0.4, -0.2) is 26.2 Å². The molecular formula is C24H29NO4. The van der Waals surface area contributed by atoms with Crippen molar-refractivity contribution >= 4 is 5.91 Å². The number of carbonyl (C=O) groups is 1. The molecule has 29 heavy (non-hydrogen) atoms.